The molecule has 0 spiro atoms. The van der Waals surface area contributed by atoms with Gasteiger partial charge in [-0.3, -0.25) is 4.98 Å². The predicted molar refractivity (Wildman–Crippen MR) is 79.1 cm³/mol. The number of halogens is 1. The Bertz CT molecular complexity index is 424. The lowest BCUT2D eigenvalue weighted by atomic mass is 10.1. The molecule has 1 rings (SSSR count). The summed E-state index contributed by atoms with van der Waals surface area (Å²) in [6, 6.07) is 3.91. The number of pyridine rings is 1. The minimum absolute atomic E-state index is 0.0573. The van der Waals surface area contributed by atoms with Crippen LogP contribution in [0.3, 0.4) is 0 Å². The Kier molecular flexibility index (Phi) is 5.35. The molecule has 0 aliphatic rings. The maximum absolute atomic E-state index is 5.67. The van der Waals surface area contributed by atoms with Crippen molar-refractivity contribution in [1.29, 1.82) is 0 Å². The Labute approximate surface area is 118 Å². The molecule has 0 fully saturated rings. The zero-order chi connectivity index (χ0) is 13.8. The maximum Gasteiger partial charge on any atom is 0.142 e. The highest BCUT2D eigenvalue weighted by Crippen LogP contribution is 2.19. The molecule has 18 heavy (non-hydrogen) atoms. The first-order valence-corrected chi connectivity index (χ1v) is 6.75. The predicted octanol–water partition coefficient (Wildman–Crippen LogP) is 3.57. The summed E-state index contributed by atoms with van der Waals surface area (Å²) in [6.07, 6.45) is 0. The van der Waals surface area contributed by atoms with Crippen LogP contribution in [0.5, 0.6) is 5.75 Å². The van der Waals surface area contributed by atoms with Gasteiger partial charge in [-0.2, -0.15) is 0 Å². The fourth-order valence-corrected chi connectivity index (χ4v) is 1.48. The lowest BCUT2D eigenvalue weighted by molar-refractivity contribution is 0.347. The van der Waals surface area contributed by atoms with E-state index in [0.717, 1.165) is 21.6 Å². The van der Waals surface area contributed by atoms with E-state index >= 15 is 0 Å². The summed E-state index contributed by atoms with van der Waals surface area (Å²) < 4.78 is 6.49. The van der Waals surface area contributed by atoms with Crippen molar-refractivity contribution in [2.24, 2.45) is 0 Å². The van der Waals surface area contributed by atoms with E-state index in [-0.39, 0.29) is 5.54 Å². The van der Waals surface area contributed by atoms with Gasteiger partial charge in [0.15, 0.2) is 0 Å². The standard InChI is InChI=1S/C14H21BrN2O/c1-10(15)9-18-13-7-6-11(2)17-12(13)8-16-14(3,4)5/h6-7,16H,1,8-9H2,2-5H3. The smallest absolute Gasteiger partial charge is 0.142 e. The summed E-state index contributed by atoms with van der Waals surface area (Å²) in [7, 11) is 0. The van der Waals surface area contributed by atoms with Gasteiger partial charge < -0.3 is 10.1 Å². The molecule has 3 nitrogen and oxygen atoms in total. The van der Waals surface area contributed by atoms with Crippen LogP contribution in [0, 0.1) is 6.92 Å². The van der Waals surface area contributed by atoms with Gasteiger partial charge in [0, 0.05) is 22.3 Å². The molecule has 1 heterocycles. The Morgan fingerprint density at radius 2 is 2.11 bits per heavy atom. The number of aromatic nitrogens is 1. The van der Waals surface area contributed by atoms with Crippen LogP contribution in [0.1, 0.15) is 32.2 Å². The fraction of sp³-hybridized carbons (Fsp3) is 0.500. The molecular weight excluding hydrogens is 292 g/mol. The molecule has 0 aliphatic carbocycles. The second-order valence-corrected chi connectivity index (χ2v) is 6.43. The van der Waals surface area contributed by atoms with Crippen molar-refractivity contribution in [2.75, 3.05) is 6.61 Å². The lowest BCUT2D eigenvalue weighted by Gasteiger charge is -2.21. The molecule has 0 radical (unpaired) electrons. The topological polar surface area (TPSA) is 34.1 Å². The molecule has 0 atom stereocenters. The van der Waals surface area contributed by atoms with Crippen LogP contribution in [0.25, 0.3) is 0 Å². The zero-order valence-corrected chi connectivity index (χ0v) is 13.1. The molecule has 0 amide bonds. The van der Waals surface area contributed by atoms with Gasteiger partial charge in [0.25, 0.3) is 0 Å². The van der Waals surface area contributed by atoms with Crippen molar-refractivity contribution < 1.29 is 4.74 Å². The zero-order valence-electron chi connectivity index (χ0n) is 11.5. The van der Waals surface area contributed by atoms with Crippen LogP contribution in [0.15, 0.2) is 23.2 Å². The number of hydrogen-bond donors (Lipinski definition) is 1. The van der Waals surface area contributed by atoms with E-state index in [9.17, 15) is 0 Å². The molecule has 0 saturated heterocycles. The van der Waals surface area contributed by atoms with Crippen LogP contribution in [-0.2, 0) is 6.54 Å². The van der Waals surface area contributed by atoms with E-state index in [1.54, 1.807) is 0 Å². The first kappa shape index (κ1) is 15.2. The second-order valence-electron chi connectivity index (χ2n) is 5.31. The van der Waals surface area contributed by atoms with Gasteiger partial charge in [0.05, 0.1) is 5.69 Å². The van der Waals surface area contributed by atoms with E-state index in [1.165, 1.54) is 0 Å². The van der Waals surface area contributed by atoms with Crippen molar-refractivity contribution in [1.82, 2.24) is 10.3 Å². The van der Waals surface area contributed by atoms with Crippen LogP contribution in [0.4, 0.5) is 0 Å². The van der Waals surface area contributed by atoms with Crippen molar-refractivity contribution in [3.8, 4) is 5.75 Å². The Hall–Kier alpha value is -0.870. The number of ether oxygens (including phenoxy) is 1. The third kappa shape index (κ3) is 5.65. The number of nitrogens with one attached hydrogen (secondary N) is 1. The third-order valence-electron chi connectivity index (χ3n) is 2.24. The minimum atomic E-state index is 0.0573. The summed E-state index contributed by atoms with van der Waals surface area (Å²) in [5.41, 5.74) is 1.98. The van der Waals surface area contributed by atoms with Gasteiger partial charge in [0.1, 0.15) is 12.4 Å². The summed E-state index contributed by atoms with van der Waals surface area (Å²) in [4.78, 5) is 4.52. The monoisotopic (exact) mass is 312 g/mol. The van der Waals surface area contributed by atoms with Gasteiger partial charge in [-0.1, -0.05) is 22.5 Å². The van der Waals surface area contributed by atoms with Crippen LogP contribution in [-0.4, -0.2) is 17.1 Å². The van der Waals surface area contributed by atoms with Crippen molar-refractivity contribution in [3.63, 3.8) is 0 Å². The maximum atomic E-state index is 5.67. The molecular formula is C14H21BrN2O. The highest BCUT2D eigenvalue weighted by molar-refractivity contribution is 9.11. The number of aryl methyl sites for hydroxylation is 1. The molecule has 0 saturated carbocycles. The quantitative estimate of drug-likeness (QED) is 0.902. The first-order chi connectivity index (χ1) is 8.28. The number of nitrogens with zero attached hydrogens (tertiary/aromatic N) is 1. The normalized spacial score (nSPS) is 11.4. The van der Waals surface area contributed by atoms with Crippen LogP contribution in [0.2, 0.25) is 0 Å². The molecule has 1 N–H and O–H groups in total. The highest BCUT2D eigenvalue weighted by atomic mass is 79.9. The van der Waals surface area contributed by atoms with Crippen LogP contribution < -0.4 is 10.1 Å². The third-order valence-corrected chi connectivity index (χ3v) is 2.47. The molecule has 0 bridgehead atoms. The SMILES string of the molecule is C=C(Br)COc1ccc(C)nc1CNC(C)(C)C. The van der Waals surface area contributed by atoms with Gasteiger partial charge >= 0.3 is 0 Å². The fourth-order valence-electron chi connectivity index (χ4n) is 1.36. The molecule has 0 aromatic carbocycles. The lowest BCUT2D eigenvalue weighted by Crippen LogP contribution is -2.35. The molecule has 4 heteroatoms. The van der Waals surface area contributed by atoms with E-state index in [0.29, 0.717) is 13.2 Å². The summed E-state index contributed by atoms with van der Waals surface area (Å²) in [5.74, 6) is 0.804. The van der Waals surface area contributed by atoms with Gasteiger partial charge in [-0.15, -0.1) is 0 Å². The number of rotatable bonds is 5. The molecule has 0 aliphatic heterocycles. The molecule has 100 valence electrons. The Balaban J connectivity index is 2.79. The average Bonchev–Trinajstić information content (AvgIpc) is 2.23. The van der Waals surface area contributed by atoms with Gasteiger partial charge in [-0.25, -0.2) is 0 Å². The molecule has 0 unspecified atom stereocenters. The van der Waals surface area contributed by atoms with E-state index in [4.69, 9.17) is 4.74 Å². The molecule has 1 aromatic heterocycles. The van der Waals surface area contributed by atoms with Crippen molar-refractivity contribution in [2.45, 2.75) is 39.8 Å². The highest BCUT2D eigenvalue weighted by Gasteiger charge is 2.12. The first-order valence-electron chi connectivity index (χ1n) is 5.95. The summed E-state index contributed by atoms with van der Waals surface area (Å²) in [5, 5.41) is 3.42. The number of hydrogen-bond acceptors (Lipinski definition) is 3. The van der Waals surface area contributed by atoms with Crippen molar-refractivity contribution in [3.05, 3.63) is 34.6 Å². The Morgan fingerprint density at radius 1 is 1.44 bits per heavy atom. The van der Waals surface area contributed by atoms with E-state index in [2.05, 4.69) is 53.6 Å². The minimum Gasteiger partial charge on any atom is -0.486 e. The second kappa shape index (κ2) is 6.34. The van der Waals surface area contributed by atoms with E-state index < -0.39 is 0 Å². The summed E-state index contributed by atoms with van der Waals surface area (Å²) >= 11 is 3.29. The molecule has 1 aromatic rings. The summed E-state index contributed by atoms with van der Waals surface area (Å²) in [6.45, 7) is 13.3. The van der Waals surface area contributed by atoms with Gasteiger partial charge in [-0.05, 0) is 39.8 Å². The van der Waals surface area contributed by atoms with Crippen LogP contribution >= 0.6 is 15.9 Å². The van der Waals surface area contributed by atoms with E-state index in [1.807, 2.05) is 19.1 Å². The largest absolute Gasteiger partial charge is 0.486 e. The average molecular weight is 313 g/mol. The van der Waals surface area contributed by atoms with Crippen molar-refractivity contribution >= 4 is 15.9 Å². The van der Waals surface area contributed by atoms with Gasteiger partial charge in [0.2, 0.25) is 0 Å². The Morgan fingerprint density at radius 3 is 2.67 bits per heavy atom.